The number of hydrogen-bond donors (Lipinski definition) is 2. The molecule has 0 saturated heterocycles. The normalized spacial score (nSPS) is 11.3. The Kier molecular flexibility index (Phi) is 7.07. The van der Waals surface area contributed by atoms with Gasteiger partial charge < -0.3 is 10.1 Å². The van der Waals surface area contributed by atoms with Crippen LogP contribution in [0.4, 0.5) is 5.69 Å². The van der Waals surface area contributed by atoms with Gasteiger partial charge in [-0.3, -0.25) is 9.52 Å². The molecule has 4 rings (SSSR count). The number of hydrogen-bond acceptors (Lipinski definition) is 4. The van der Waals surface area contributed by atoms with E-state index >= 15 is 0 Å². The van der Waals surface area contributed by atoms with E-state index in [9.17, 15) is 13.2 Å². The lowest BCUT2D eigenvalue weighted by molar-refractivity contribution is -0.123. The lowest BCUT2D eigenvalue weighted by atomic mass is 10.0. The van der Waals surface area contributed by atoms with E-state index in [-0.39, 0.29) is 17.4 Å². The highest BCUT2D eigenvalue weighted by Crippen LogP contribution is 2.24. The molecule has 35 heavy (non-hydrogen) atoms. The molecule has 180 valence electrons. The van der Waals surface area contributed by atoms with Gasteiger partial charge in [0.25, 0.3) is 15.9 Å². The molecule has 0 aliphatic carbocycles. The molecule has 0 radical (unpaired) electrons. The van der Waals surface area contributed by atoms with E-state index in [2.05, 4.69) is 10.0 Å². The number of fused-ring (bicyclic) bond motifs is 1. The van der Waals surface area contributed by atoms with Crippen LogP contribution >= 0.6 is 0 Å². The van der Waals surface area contributed by atoms with Crippen molar-refractivity contribution < 1.29 is 17.9 Å². The first-order chi connectivity index (χ1) is 16.7. The maximum Gasteiger partial charge on any atom is 0.261 e. The first-order valence-corrected chi connectivity index (χ1v) is 12.8. The highest BCUT2D eigenvalue weighted by atomic mass is 32.2. The average Bonchev–Trinajstić information content (AvgIpc) is 2.84. The summed E-state index contributed by atoms with van der Waals surface area (Å²) in [7, 11) is -3.76. The molecule has 0 aliphatic rings. The zero-order chi connectivity index (χ0) is 25.0. The number of sulfonamides is 1. The van der Waals surface area contributed by atoms with Crippen molar-refractivity contribution in [2.24, 2.45) is 0 Å². The fourth-order valence-electron chi connectivity index (χ4n) is 3.80. The smallest absolute Gasteiger partial charge is 0.261 e. The molecule has 6 nitrogen and oxygen atoms in total. The van der Waals surface area contributed by atoms with Gasteiger partial charge in [0.05, 0.1) is 4.90 Å². The van der Waals surface area contributed by atoms with Gasteiger partial charge in [0.2, 0.25) is 0 Å². The molecule has 4 aromatic rings. The standard InChI is InChI=1S/C28H28N2O4S/c1-19-11-12-24(15-20(19)2)30-35(32,33)25-13-14-27(21(3)16-25)34-18-28(31)29-17-23-9-6-8-22-7-4-5-10-26(22)23/h4-16,30H,17-18H2,1-3H3,(H,29,31). The van der Waals surface area contributed by atoms with Crippen molar-refractivity contribution in [1.82, 2.24) is 5.32 Å². The predicted octanol–water partition coefficient (Wildman–Crippen LogP) is 5.26. The molecule has 4 aromatic carbocycles. The largest absolute Gasteiger partial charge is 0.484 e. The number of aryl methyl sites for hydroxylation is 3. The molecule has 0 atom stereocenters. The Morgan fingerprint density at radius 2 is 1.60 bits per heavy atom. The van der Waals surface area contributed by atoms with E-state index in [1.807, 2.05) is 62.4 Å². The maximum absolute atomic E-state index is 12.8. The highest BCUT2D eigenvalue weighted by molar-refractivity contribution is 7.92. The van der Waals surface area contributed by atoms with Crippen molar-refractivity contribution >= 4 is 32.4 Å². The van der Waals surface area contributed by atoms with Crippen molar-refractivity contribution in [1.29, 1.82) is 0 Å². The molecule has 0 spiro atoms. The van der Waals surface area contributed by atoms with Gasteiger partial charge in [0.15, 0.2) is 6.61 Å². The third-order valence-electron chi connectivity index (χ3n) is 5.93. The Labute approximate surface area is 206 Å². The summed E-state index contributed by atoms with van der Waals surface area (Å²) in [5.41, 5.74) is 4.25. The van der Waals surface area contributed by atoms with Crippen LogP contribution < -0.4 is 14.8 Å². The van der Waals surface area contributed by atoms with Gasteiger partial charge >= 0.3 is 0 Å². The first kappa shape index (κ1) is 24.3. The summed E-state index contributed by atoms with van der Waals surface area (Å²) in [5, 5.41) is 5.10. The molecule has 0 fully saturated rings. The molecule has 7 heteroatoms. The van der Waals surface area contributed by atoms with Gasteiger partial charge in [0.1, 0.15) is 5.75 Å². The summed E-state index contributed by atoms with van der Waals surface area (Å²) >= 11 is 0. The van der Waals surface area contributed by atoms with Crippen LogP contribution in [0.15, 0.2) is 83.8 Å². The van der Waals surface area contributed by atoms with Crippen molar-refractivity contribution in [3.05, 3.63) is 101 Å². The Balaban J connectivity index is 1.37. The molecular formula is C28H28N2O4S. The molecule has 0 saturated carbocycles. The van der Waals surface area contributed by atoms with Gasteiger partial charge in [-0.1, -0.05) is 48.5 Å². The summed E-state index contributed by atoms with van der Waals surface area (Å²) in [6.45, 7) is 5.88. The van der Waals surface area contributed by atoms with Gasteiger partial charge in [-0.15, -0.1) is 0 Å². The van der Waals surface area contributed by atoms with Gasteiger partial charge in [-0.25, -0.2) is 8.42 Å². The summed E-state index contributed by atoms with van der Waals surface area (Å²) in [5.74, 6) is 0.195. The summed E-state index contributed by atoms with van der Waals surface area (Å²) in [4.78, 5) is 12.5. The highest BCUT2D eigenvalue weighted by Gasteiger charge is 2.16. The second-order valence-corrected chi connectivity index (χ2v) is 10.2. The minimum absolute atomic E-state index is 0.126. The molecule has 2 N–H and O–H groups in total. The molecule has 1 amide bonds. The Morgan fingerprint density at radius 3 is 2.37 bits per heavy atom. The number of amides is 1. The number of anilines is 1. The van der Waals surface area contributed by atoms with Crippen LogP contribution in [0.2, 0.25) is 0 Å². The third-order valence-corrected chi connectivity index (χ3v) is 7.31. The average molecular weight is 489 g/mol. The van der Waals surface area contributed by atoms with Crippen molar-refractivity contribution in [3.63, 3.8) is 0 Å². The van der Waals surface area contributed by atoms with Crippen LogP contribution in [0.5, 0.6) is 5.75 Å². The van der Waals surface area contributed by atoms with Crippen molar-refractivity contribution in [3.8, 4) is 5.75 Å². The molecular weight excluding hydrogens is 460 g/mol. The van der Waals surface area contributed by atoms with Crippen LogP contribution in [0.25, 0.3) is 10.8 Å². The van der Waals surface area contributed by atoms with E-state index in [4.69, 9.17) is 4.74 Å². The van der Waals surface area contributed by atoms with Crippen LogP contribution in [0.1, 0.15) is 22.3 Å². The topological polar surface area (TPSA) is 84.5 Å². The monoisotopic (exact) mass is 488 g/mol. The maximum atomic E-state index is 12.8. The quantitative estimate of drug-likeness (QED) is 0.354. The molecule has 0 aromatic heterocycles. The number of carbonyl (C=O) groups is 1. The Hall–Kier alpha value is -3.84. The van der Waals surface area contributed by atoms with E-state index in [1.165, 1.54) is 12.1 Å². The van der Waals surface area contributed by atoms with Crippen molar-refractivity contribution in [2.45, 2.75) is 32.2 Å². The van der Waals surface area contributed by atoms with Gasteiger partial charge in [-0.05, 0) is 84.1 Å². The zero-order valence-corrected chi connectivity index (χ0v) is 20.8. The van der Waals surface area contributed by atoms with E-state index in [1.54, 1.807) is 25.1 Å². The van der Waals surface area contributed by atoms with Crippen LogP contribution in [-0.2, 0) is 21.4 Å². The summed E-state index contributed by atoms with van der Waals surface area (Å²) in [6, 6.07) is 24.0. The van der Waals surface area contributed by atoms with Crippen LogP contribution in [0, 0.1) is 20.8 Å². The third kappa shape index (κ3) is 5.81. The Morgan fingerprint density at radius 1 is 0.829 bits per heavy atom. The second-order valence-electron chi connectivity index (χ2n) is 8.54. The minimum Gasteiger partial charge on any atom is -0.484 e. The molecule has 0 bridgehead atoms. The lowest BCUT2D eigenvalue weighted by Crippen LogP contribution is -2.28. The number of carbonyl (C=O) groups excluding carboxylic acids is 1. The Bertz CT molecular complexity index is 1490. The van der Waals surface area contributed by atoms with E-state index in [0.717, 1.165) is 27.5 Å². The number of nitrogens with one attached hydrogen (secondary N) is 2. The molecule has 0 aliphatic heterocycles. The van der Waals surface area contributed by atoms with Crippen LogP contribution in [-0.4, -0.2) is 20.9 Å². The van der Waals surface area contributed by atoms with E-state index in [0.29, 0.717) is 23.5 Å². The van der Waals surface area contributed by atoms with Gasteiger partial charge in [-0.2, -0.15) is 0 Å². The van der Waals surface area contributed by atoms with Crippen molar-refractivity contribution in [2.75, 3.05) is 11.3 Å². The number of rotatable bonds is 8. The minimum atomic E-state index is -3.76. The molecule has 0 heterocycles. The first-order valence-electron chi connectivity index (χ1n) is 11.3. The SMILES string of the molecule is Cc1ccc(NS(=O)(=O)c2ccc(OCC(=O)NCc3cccc4ccccc34)c(C)c2)cc1C. The lowest BCUT2D eigenvalue weighted by Gasteiger charge is -2.13. The van der Waals surface area contributed by atoms with Gasteiger partial charge in [0, 0.05) is 12.2 Å². The zero-order valence-electron chi connectivity index (χ0n) is 20.0. The summed E-state index contributed by atoms with van der Waals surface area (Å²) in [6.07, 6.45) is 0. The second kappa shape index (κ2) is 10.2. The predicted molar refractivity (Wildman–Crippen MR) is 139 cm³/mol. The fraction of sp³-hybridized carbons (Fsp3) is 0.179. The number of ether oxygens (including phenoxy) is 1. The number of benzene rings is 4. The van der Waals surface area contributed by atoms with E-state index < -0.39 is 10.0 Å². The fourth-order valence-corrected chi connectivity index (χ4v) is 4.94. The summed E-state index contributed by atoms with van der Waals surface area (Å²) < 4.78 is 33.9. The molecule has 0 unspecified atom stereocenters. The van der Waals surface area contributed by atoms with Crippen LogP contribution in [0.3, 0.4) is 0 Å².